The van der Waals surface area contributed by atoms with Crippen molar-refractivity contribution in [3.63, 3.8) is 0 Å². The summed E-state index contributed by atoms with van der Waals surface area (Å²) < 4.78 is 0. The lowest BCUT2D eigenvalue weighted by atomic mass is 9.93. The van der Waals surface area contributed by atoms with Crippen LogP contribution in [0.2, 0.25) is 0 Å². The normalized spacial score (nSPS) is 12.2. The monoisotopic (exact) mass is 247 g/mol. The van der Waals surface area contributed by atoms with Crippen molar-refractivity contribution in [2.75, 3.05) is 0 Å². The lowest BCUT2D eigenvalue weighted by molar-refractivity contribution is -0.108. The number of carbonyl (C=O) groups is 1. The van der Waals surface area contributed by atoms with E-state index in [1.807, 2.05) is 60.7 Å². The Balaban J connectivity index is 2.09. The first kappa shape index (κ1) is 11.6. The topological polar surface area (TPSA) is 30.0 Å². The van der Waals surface area contributed by atoms with E-state index in [0.29, 0.717) is 0 Å². The van der Waals surface area contributed by atoms with Gasteiger partial charge >= 0.3 is 0 Å². The highest BCUT2D eigenvalue weighted by atomic mass is 16.1. The fourth-order valence-electron chi connectivity index (χ4n) is 2.27. The predicted molar refractivity (Wildman–Crippen MR) is 76.1 cm³/mol. The standard InChI is InChI=1S/C17H13NO/c19-12-16(13-6-2-1-3-7-13)15-10-14-8-4-5-9-17(14)18-11-15/h1-12,16H. The lowest BCUT2D eigenvalue weighted by Gasteiger charge is -2.11. The minimum Gasteiger partial charge on any atom is -0.302 e. The van der Waals surface area contributed by atoms with E-state index in [1.165, 1.54) is 0 Å². The van der Waals surface area contributed by atoms with E-state index in [2.05, 4.69) is 4.98 Å². The molecule has 2 nitrogen and oxygen atoms in total. The molecule has 1 atom stereocenters. The molecule has 0 saturated carbocycles. The third-order valence-electron chi connectivity index (χ3n) is 3.27. The van der Waals surface area contributed by atoms with E-state index < -0.39 is 0 Å². The number of aldehydes is 1. The van der Waals surface area contributed by atoms with Crippen LogP contribution in [-0.4, -0.2) is 11.3 Å². The highest BCUT2D eigenvalue weighted by Crippen LogP contribution is 2.24. The molecule has 0 fully saturated rings. The Hall–Kier alpha value is -2.48. The molecule has 0 saturated heterocycles. The number of para-hydroxylation sites is 1. The van der Waals surface area contributed by atoms with Gasteiger partial charge in [0, 0.05) is 11.6 Å². The average Bonchev–Trinajstić information content (AvgIpc) is 2.49. The minimum absolute atomic E-state index is 0.252. The quantitative estimate of drug-likeness (QED) is 0.662. The SMILES string of the molecule is O=CC(c1ccccc1)c1cnc2ccccc2c1. The molecule has 0 aliphatic rings. The van der Waals surface area contributed by atoms with Gasteiger partial charge in [-0.15, -0.1) is 0 Å². The number of fused-ring (bicyclic) bond motifs is 1. The van der Waals surface area contributed by atoms with Crippen molar-refractivity contribution in [3.8, 4) is 0 Å². The van der Waals surface area contributed by atoms with Crippen molar-refractivity contribution in [2.24, 2.45) is 0 Å². The lowest BCUT2D eigenvalue weighted by Crippen LogP contribution is -2.02. The Morgan fingerprint density at radius 2 is 1.63 bits per heavy atom. The van der Waals surface area contributed by atoms with E-state index in [-0.39, 0.29) is 5.92 Å². The van der Waals surface area contributed by atoms with Gasteiger partial charge in [-0.25, -0.2) is 0 Å². The fourth-order valence-corrected chi connectivity index (χ4v) is 2.27. The third kappa shape index (κ3) is 2.25. The third-order valence-corrected chi connectivity index (χ3v) is 3.27. The van der Waals surface area contributed by atoms with Crippen LogP contribution in [0.15, 0.2) is 66.9 Å². The number of pyridine rings is 1. The van der Waals surface area contributed by atoms with Gasteiger partial charge in [0.1, 0.15) is 6.29 Å². The highest BCUT2D eigenvalue weighted by molar-refractivity contribution is 5.80. The summed E-state index contributed by atoms with van der Waals surface area (Å²) in [7, 11) is 0. The van der Waals surface area contributed by atoms with Crippen LogP contribution in [0.1, 0.15) is 17.0 Å². The van der Waals surface area contributed by atoms with Gasteiger partial charge in [0.2, 0.25) is 0 Å². The van der Waals surface area contributed by atoms with Gasteiger partial charge in [-0.3, -0.25) is 4.98 Å². The molecule has 0 aliphatic carbocycles. The van der Waals surface area contributed by atoms with Crippen LogP contribution >= 0.6 is 0 Å². The van der Waals surface area contributed by atoms with Crippen molar-refractivity contribution in [1.82, 2.24) is 4.98 Å². The second kappa shape index (κ2) is 5.02. The van der Waals surface area contributed by atoms with Gasteiger partial charge in [0.15, 0.2) is 0 Å². The second-order valence-corrected chi connectivity index (χ2v) is 4.49. The molecule has 2 aromatic carbocycles. The summed E-state index contributed by atoms with van der Waals surface area (Å²) in [6, 6.07) is 19.7. The number of rotatable bonds is 3. The first-order chi connectivity index (χ1) is 9.38. The van der Waals surface area contributed by atoms with Gasteiger partial charge in [-0.1, -0.05) is 48.5 Å². The Morgan fingerprint density at radius 3 is 2.42 bits per heavy atom. The molecule has 0 bridgehead atoms. The van der Waals surface area contributed by atoms with Crippen molar-refractivity contribution < 1.29 is 4.79 Å². The Kier molecular flexibility index (Phi) is 3.07. The van der Waals surface area contributed by atoms with Crippen molar-refractivity contribution in [2.45, 2.75) is 5.92 Å². The predicted octanol–water partition coefficient (Wildman–Crippen LogP) is 3.57. The minimum atomic E-state index is -0.252. The number of nitrogens with zero attached hydrogens (tertiary/aromatic N) is 1. The van der Waals surface area contributed by atoms with Gasteiger partial charge in [-0.2, -0.15) is 0 Å². The van der Waals surface area contributed by atoms with Crippen LogP contribution < -0.4 is 0 Å². The van der Waals surface area contributed by atoms with Crippen LogP contribution in [0, 0.1) is 0 Å². The first-order valence-corrected chi connectivity index (χ1v) is 6.23. The van der Waals surface area contributed by atoms with E-state index in [0.717, 1.165) is 28.3 Å². The molecule has 19 heavy (non-hydrogen) atoms. The summed E-state index contributed by atoms with van der Waals surface area (Å²) in [6.45, 7) is 0. The summed E-state index contributed by atoms with van der Waals surface area (Å²) in [4.78, 5) is 15.8. The van der Waals surface area contributed by atoms with Gasteiger partial charge in [-0.05, 0) is 23.3 Å². The molecule has 2 heteroatoms. The summed E-state index contributed by atoms with van der Waals surface area (Å²) >= 11 is 0. The van der Waals surface area contributed by atoms with Gasteiger partial charge < -0.3 is 4.79 Å². The fraction of sp³-hybridized carbons (Fsp3) is 0.0588. The molecule has 1 heterocycles. The largest absolute Gasteiger partial charge is 0.302 e. The highest BCUT2D eigenvalue weighted by Gasteiger charge is 2.13. The summed E-state index contributed by atoms with van der Waals surface area (Å²) in [5, 5.41) is 1.06. The van der Waals surface area contributed by atoms with Crippen molar-refractivity contribution in [3.05, 3.63) is 78.0 Å². The second-order valence-electron chi connectivity index (χ2n) is 4.49. The van der Waals surface area contributed by atoms with Crippen LogP contribution in [0.25, 0.3) is 10.9 Å². The molecular formula is C17H13NO. The molecule has 3 aromatic rings. The number of benzene rings is 2. The zero-order chi connectivity index (χ0) is 13.1. The molecule has 0 aliphatic heterocycles. The zero-order valence-corrected chi connectivity index (χ0v) is 10.4. The van der Waals surface area contributed by atoms with Crippen molar-refractivity contribution in [1.29, 1.82) is 0 Å². The molecule has 0 N–H and O–H groups in total. The first-order valence-electron chi connectivity index (χ1n) is 6.23. The molecule has 0 spiro atoms. The summed E-state index contributed by atoms with van der Waals surface area (Å²) in [5.74, 6) is -0.252. The number of hydrogen-bond acceptors (Lipinski definition) is 2. The van der Waals surface area contributed by atoms with Gasteiger partial charge in [0.05, 0.1) is 11.4 Å². The summed E-state index contributed by atoms with van der Waals surface area (Å²) in [5.41, 5.74) is 2.87. The maximum atomic E-state index is 11.4. The Morgan fingerprint density at radius 1 is 0.895 bits per heavy atom. The maximum absolute atomic E-state index is 11.4. The molecule has 0 radical (unpaired) electrons. The van der Waals surface area contributed by atoms with E-state index in [1.54, 1.807) is 6.20 Å². The number of carbonyl (C=O) groups excluding carboxylic acids is 1. The zero-order valence-electron chi connectivity index (χ0n) is 10.4. The van der Waals surface area contributed by atoms with Crippen LogP contribution in [0.5, 0.6) is 0 Å². The molecule has 1 aromatic heterocycles. The van der Waals surface area contributed by atoms with Crippen LogP contribution in [-0.2, 0) is 4.79 Å². The molecule has 3 rings (SSSR count). The van der Waals surface area contributed by atoms with E-state index in [4.69, 9.17) is 0 Å². The van der Waals surface area contributed by atoms with Crippen LogP contribution in [0.4, 0.5) is 0 Å². The molecule has 92 valence electrons. The summed E-state index contributed by atoms with van der Waals surface area (Å²) in [6.07, 6.45) is 2.76. The Bertz CT molecular complexity index is 707. The van der Waals surface area contributed by atoms with Crippen molar-refractivity contribution >= 4 is 17.2 Å². The van der Waals surface area contributed by atoms with E-state index >= 15 is 0 Å². The van der Waals surface area contributed by atoms with E-state index in [9.17, 15) is 4.79 Å². The van der Waals surface area contributed by atoms with Gasteiger partial charge in [0.25, 0.3) is 0 Å². The Labute approximate surface area is 111 Å². The molecule has 0 amide bonds. The molecular weight excluding hydrogens is 234 g/mol. The average molecular weight is 247 g/mol. The maximum Gasteiger partial charge on any atom is 0.131 e. The van der Waals surface area contributed by atoms with Crippen LogP contribution in [0.3, 0.4) is 0 Å². The number of aromatic nitrogens is 1. The smallest absolute Gasteiger partial charge is 0.131 e. The molecule has 1 unspecified atom stereocenters. The number of hydrogen-bond donors (Lipinski definition) is 0.